The van der Waals surface area contributed by atoms with Crippen LogP contribution in [-0.2, 0) is 0 Å². The molecule has 4 aromatic rings. The summed E-state index contributed by atoms with van der Waals surface area (Å²) in [5.74, 6) is 2.90. The van der Waals surface area contributed by atoms with E-state index in [-0.39, 0.29) is 11.7 Å². The fourth-order valence-electron chi connectivity index (χ4n) is 4.67. The van der Waals surface area contributed by atoms with Crippen molar-refractivity contribution < 1.29 is 9.13 Å². The molecule has 5 heterocycles. The molecule has 0 bridgehead atoms. The van der Waals surface area contributed by atoms with Crippen molar-refractivity contribution in [3.63, 3.8) is 0 Å². The van der Waals surface area contributed by atoms with Crippen LogP contribution in [0, 0.1) is 17.7 Å². The lowest BCUT2D eigenvalue weighted by Crippen LogP contribution is -2.26. The van der Waals surface area contributed by atoms with Crippen LogP contribution in [0.5, 0.6) is 11.5 Å². The summed E-state index contributed by atoms with van der Waals surface area (Å²) < 4.78 is 20.6. The SMILES string of the molecule is Nc1nc(Nc2ccc(Oc3ccnc4[nH]ccc34)c(F)c2)cc(N2CC3CNCC3C2)n1. The maximum absolute atomic E-state index is 14.8. The molecule has 2 aliphatic heterocycles. The van der Waals surface area contributed by atoms with Gasteiger partial charge in [0.25, 0.3) is 0 Å². The number of anilines is 4. The number of nitrogen functional groups attached to an aromatic ring is 1. The van der Waals surface area contributed by atoms with Gasteiger partial charge in [-0.15, -0.1) is 0 Å². The largest absolute Gasteiger partial charge is 0.453 e. The van der Waals surface area contributed by atoms with Crippen molar-refractivity contribution >= 4 is 34.3 Å². The van der Waals surface area contributed by atoms with Crippen LogP contribution >= 0.6 is 0 Å². The van der Waals surface area contributed by atoms with Crippen LogP contribution in [0.3, 0.4) is 0 Å². The van der Waals surface area contributed by atoms with Gasteiger partial charge in [-0.2, -0.15) is 9.97 Å². The number of nitrogens with two attached hydrogens (primary N) is 1. The summed E-state index contributed by atoms with van der Waals surface area (Å²) in [6.07, 6.45) is 3.38. The third-order valence-electron chi connectivity index (χ3n) is 6.29. The molecule has 0 radical (unpaired) electrons. The molecule has 0 saturated carbocycles. The fraction of sp³-hybridized carbons (Fsp3) is 0.261. The van der Waals surface area contributed by atoms with Gasteiger partial charge in [-0.3, -0.25) is 0 Å². The average molecular weight is 446 g/mol. The van der Waals surface area contributed by atoms with Crippen LogP contribution in [0.25, 0.3) is 11.0 Å². The van der Waals surface area contributed by atoms with Gasteiger partial charge in [-0.25, -0.2) is 9.37 Å². The van der Waals surface area contributed by atoms with Crippen LogP contribution < -0.4 is 26.0 Å². The second-order valence-corrected chi connectivity index (χ2v) is 8.47. The highest BCUT2D eigenvalue weighted by Gasteiger charge is 2.36. The van der Waals surface area contributed by atoms with Crippen LogP contribution in [0.4, 0.5) is 27.7 Å². The maximum Gasteiger partial charge on any atom is 0.223 e. The zero-order valence-corrected chi connectivity index (χ0v) is 17.8. The predicted octanol–water partition coefficient (Wildman–Crippen LogP) is 3.27. The quantitative estimate of drug-likeness (QED) is 0.369. The lowest BCUT2D eigenvalue weighted by atomic mass is 10.0. The molecule has 1 aromatic carbocycles. The van der Waals surface area contributed by atoms with Crippen LogP contribution in [-0.4, -0.2) is 46.1 Å². The fourth-order valence-corrected chi connectivity index (χ4v) is 4.67. The number of aromatic nitrogens is 4. The Bertz CT molecular complexity index is 1310. The minimum absolute atomic E-state index is 0.120. The number of fused-ring (bicyclic) bond motifs is 2. The van der Waals surface area contributed by atoms with Gasteiger partial charge in [0.05, 0.1) is 5.39 Å². The zero-order chi connectivity index (χ0) is 22.4. The number of H-pyrrole nitrogens is 1. The van der Waals surface area contributed by atoms with E-state index in [9.17, 15) is 4.39 Å². The van der Waals surface area contributed by atoms with E-state index in [2.05, 4.69) is 35.5 Å². The van der Waals surface area contributed by atoms with Gasteiger partial charge in [0.1, 0.15) is 23.0 Å². The topological polar surface area (TPSA) is 117 Å². The Hall–Kier alpha value is -3.92. The molecule has 2 saturated heterocycles. The van der Waals surface area contributed by atoms with Crippen molar-refractivity contribution in [1.29, 1.82) is 0 Å². The number of halogens is 1. The highest BCUT2D eigenvalue weighted by molar-refractivity contribution is 5.82. The van der Waals surface area contributed by atoms with Gasteiger partial charge in [0.2, 0.25) is 5.95 Å². The van der Waals surface area contributed by atoms with Gasteiger partial charge in [-0.1, -0.05) is 0 Å². The highest BCUT2D eigenvalue weighted by atomic mass is 19.1. The monoisotopic (exact) mass is 446 g/mol. The summed E-state index contributed by atoms with van der Waals surface area (Å²) in [5, 5.41) is 7.36. The number of hydrogen-bond donors (Lipinski definition) is 4. The first kappa shape index (κ1) is 19.7. The number of nitrogens with one attached hydrogen (secondary N) is 3. The molecule has 2 fully saturated rings. The summed E-state index contributed by atoms with van der Waals surface area (Å²) in [4.78, 5) is 18.2. The third-order valence-corrected chi connectivity index (χ3v) is 6.29. The predicted molar refractivity (Wildman–Crippen MR) is 124 cm³/mol. The van der Waals surface area contributed by atoms with E-state index >= 15 is 0 Å². The lowest BCUT2D eigenvalue weighted by Gasteiger charge is -2.19. The van der Waals surface area contributed by atoms with Crippen molar-refractivity contribution in [1.82, 2.24) is 25.3 Å². The van der Waals surface area contributed by atoms with Gasteiger partial charge in [0, 0.05) is 56.4 Å². The summed E-state index contributed by atoms with van der Waals surface area (Å²) in [5.41, 5.74) is 7.19. The number of aromatic amines is 1. The Labute approximate surface area is 189 Å². The number of rotatable bonds is 5. The lowest BCUT2D eigenvalue weighted by molar-refractivity contribution is 0.446. The van der Waals surface area contributed by atoms with E-state index in [1.54, 1.807) is 30.6 Å². The zero-order valence-electron chi connectivity index (χ0n) is 17.8. The molecule has 0 spiro atoms. The highest BCUT2D eigenvalue weighted by Crippen LogP contribution is 2.33. The first-order valence-corrected chi connectivity index (χ1v) is 10.9. The Kier molecular flexibility index (Phi) is 4.72. The molecule has 2 unspecified atom stereocenters. The van der Waals surface area contributed by atoms with E-state index in [0.717, 1.165) is 37.4 Å². The molecule has 2 atom stereocenters. The smallest absolute Gasteiger partial charge is 0.223 e. The van der Waals surface area contributed by atoms with Crippen molar-refractivity contribution in [2.24, 2.45) is 11.8 Å². The third kappa shape index (κ3) is 3.78. The number of benzene rings is 1. The number of ether oxygens (including phenoxy) is 1. The molecule has 2 aliphatic rings. The van der Waals surface area contributed by atoms with Gasteiger partial charge in [-0.05, 0) is 36.1 Å². The molecule has 168 valence electrons. The molecule has 10 heteroatoms. The second-order valence-electron chi connectivity index (χ2n) is 8.47. The first-order chi connectivity index (χ1) is 16.1. The van der Waals surface area contributed by atoms with Crippen molar-refractivity contribution in [3.8, 4) is 11.5 Å². The van der Waals surface area contributed by atoms with E-state index in [1.807, 2.05) is 12.1 Å². The second kappa shape index (κ2) is 7.89. The minimum Gasteiger partial charge on any atom is -0.453 e. The van der Waals surface area contributed by atoms with Gasteiger partial charge >= 0.3 is 0 Å². The van der Waals surface area contributed by atoms with Crippen LogP contribution in [0.15, 0.2) is 48.8 Å². The molecule has 0 aliphatic carbocycles. The average Bonchev–Trinajstić information content (AvgIpc) is 3.51. The molecule has 0 amide bonds. The summed E-state index contributed by atoms with van der Waals surface area (Å²) >= 11 is 0. The molecule has 9 nitrogen and oxygen atoms in total. The molecular weight excluding hydrogens is 423 g/mol. The van der Waals surface area contributed by atoms with Crippen molar-refractivity contribution in [2.45, 2.75) is 0 Å². The van der Waals surface area contributed by atoms with Crippen LogP contribution in [0.1, 0.15) is 0 Å². The Morgan fingerprint density at radius 3 is 2.73 bits per heavy atom. The van der Waals surface area contributed by atoms with Crippen molar-refractivity contribution in [3.05, 3.63) is 54.6 Å². The molecule has 3 aromatic heterocycles. The Balaban J connectivity index is 1.20. The van der Waals surface area contributed by atoms with E-state index < -0.39 is 5.82 Å². The maximum atomic E-state index is 14.8. The summed E-state index contributed by atoms with van der Waals surface area (Å²) in [6.45, 7) is 3.96. The number of nitrogens with zero attached hydrogens (tertiary/aromatic N) is 4. The van der Waals surface area contributed by atoms with E-state index in [1.165, 1.54) is 6.07 Å². The number of hydrogen-bond acceptors (Lipinski definition) is 8. The van der Waals surface area contributed by atoms with E-state index in [0.29, 0.717) is 34.7 Å². The van der Waals surface area contributed by atoms with Crippen molar-refractivity contribution in [2.75, 3.05) is 42.1 Å². The number of pyridine rings is 1. The molecule has 5 N–H and O–H groups in total. The standard InChI is InChI=1S/C23H23FN8O/c24-17-7-15(1-2-19(17)33-18-4-6-28-22-16(18)3-5-27-22)29-20-8-21(31-23(25)30-20)32-11-13-9-26-10-14(13)12-32/h1-8,13-14,26H,9-12H2,(H,27,28)(H3,25,29,30,31). The Morgan fingerprint density at radius 1 is 1.06 bits per heavy atom. The molecule has 6 rings (SSSR count). The van der Waals surface area contributed by atoms with Gasteiger partial charge in [0.15, 0.2) is 11.6 Å². The summed E-state index contributed by atoms with van der Waals surface area (Å²) in [6, 6.07) is 10.1. The minimum atomic E-state index is -0.498. The molecule has 33 heavy (non-hydrogen) atoms. The normalized spacial score (nSPS) is 19.7. The van der Waals surface area contributed by atoms with Gasteiger partial charge < -0.3 is 31.0 Å². The Morgan fingerprint density at radius 2 is 1.91 bits per heavy atom. The molecular formula is C23H23FN8O. The van der Waals surface area contributed by atoms with E-state index in [4.69, 9.17) is 10.5 Å². The van der Waals surface area contributed by atoms with Crippen LogP contribution in [0.2, 0.25) is 0 Å². The first-order valence-electron chi connectivity index (χ1n) is 10.9. The summed E-state index contributed by atoms with van der Waals surface area (Å²) in [7, 11) is 0.